The van der Waals surface area contributed by atoms with Gasteiger partial charge in [0.05, 0.1) is 22.5 Å². The van der Waals surface area contributed by atoms with Gasteiger partial charge in [-0.15, -0.1) is 0 Å². The van der Waals surface area contributed by atoms with Crippen LogP contribution in [0.2, 0.25) is 5.02 Å². The second kappa shape index (κ2) is 9.30. The van der Waals surface area contributed by atoms with Gasteiger partial charge in [-0.05, 0) is 18.1 Å². The largest absolute Gasteiger partial charge is 0.448 e. The predicted molar refractivity (Wildman–Crippen MR) is 125 cm³/mol. The summed E-state index contributed by atoms with van der Waals surface area (Å²) in [7, 11) is 1.78. The molecule has 3 aromatic heterocycles. The number of nitrogens with one attached hydrogen (secondary N) is 1. The normalized spacial score (nSPS) is 11.6. The summed E-state index contributed by atoms with van der Waals surface area (Å²) in [6.07, 6.45) is 6.36. The fourth-order valence-corrected chi connectivity index (χ4v) is 3.44. The van der Waals surface area contributed by atoms with Gasteiger partial charge in [-0.1, -0.05) is 38.4 Å². The first-order chi connectivity index (χ1) is 16.1. The van der Waals surface area contributed by atoms with E-state index in [4.69, 9.17) is 16.0 Å². The summed E-state index contributed by atoms with van der Waals surface area (Å²) in [6.45, 7) is 5.84. The molecular formula is C23H23ClFN7O2. The number of nitrogens with zero attached hydrogens (tertiary/aromatic N) is 6. The zero-order valence-electron chi connectivity index (χ0n) is 19.1. The molecule has 0 atom stereocenters. The number of hydrogen-bond donors (Lipinski definition) is 1. The second-order valence-electron chi connectivity index (χ2n) is 8.77. The Labute approximate surface area is 200 Å². The molecule has 4 aromatic rings. The summed E-state index contributed by atoms with van der Waals surface area (Å²) >= 11 is 6.30. The van der Waals surface area contributed by atoms with Crippen LogP contribution in [0, 0.1) is 5.82 Å². The molecule has 3 heterocycles. The number of carbonyl (C=O) groups excluding carboxylic acids is 1. The second-order valence-corrected chi connectivity index (χ2v) is 9.15. The molecule has 0 bridgehead atoms. The number of oxazole rings is 1. The molecule has 0 saturated heterocycles. The highest BCUT2D eigenvalue weighted by Crippen LogP contribution is 2.30. The highest BCUT2D eigenvalue weighted by molar-refractivity contribution is 6.31. The van der Waals surface area contributed by atoms with E-state index in [1.165, 1.54) is 18.7 Å². The van der Waals surface area contributed by atoms with Crippen molar-refractivity contribution in [3.05, 3.63) is 65.1 Å². The molecule has 0 aliphatic heterocycles. The molecule has 0 amide bonds. The minimum absolute atomic E-state index is 0.0805. The van der Waals surface area contributed by atoms with E-state index in [1.54, 1.807) is 30.2 Å². The van der Waals surface area contributed by atoms with Crippen LogP contribution >= 0.6 is 11.6 Å². The fourth-order valence-electron chi connectivity index (χ4n) is 3.18. The molecule has 9 nitrogen and oxygen atoms in total. The van der Waals surface area contributed by atoms with Crippen LogP contribution < -0.4 is 5.32 Å². The van der Waals surface area contributed by atoms with Crippen molar-refractivity contribution in [1.29, 1.82) is 0 Å². The van der Waals surface area contributed by atoms with Gasteiger partial charge in [0.1, 0.15) is 18.3 Å². The number of halogens is 2. The average molecular weight is 484 g/mol. The van der Waals surface area contributed by atoms with Crippen molar-refractivity contribution in [3.63, 3.8) is 0 Å². The van der Waals surface area contributed by atoms with Gasteiger partial charge in [0.25, 0.3) is 0 Å². The van der Waals surface area contributed by atoms with Crippen LogP contribution in [0.15, 0.2) is 41.5 Å². The lowest BCUT2D eigenvalue weighted by atomic mass is 9.97. The third-order valence-electron chi connectivity index (χ3n) is 4.99. The third kappa shape index (κ3) is 5.12. The average Bonchev–Trinajstić information content (AvgIpc) is 3.44. The Hall–Kier alpha value is -3.66. The van der Waals surface area contributed by atoms with E-state index in [9.17, 15) is 4.79 Å². The van der Waals surface area contributed by atoms with Gasteiger partial charge < -0.3 is 9.73 Å². The molecule has 0 unspecified atom stereocenters. The van der Waals surface area contributed by atoms with Gasteiger partial charge >= 0.3 is 0 Å². The first-order valence-corrected chi connectivity index (χ1v) is 10.9. The molecule has 1 aromatic carbocycles. The van der Waals surface area contributed by atoms with Crippen LogP contribution in [0.3, 0.4) is 0 Å². The van der Waals surface area contributed by atoms with Crippen LogP contribution in [0.1, 0.15) is 49.1 Å². The molecule has 0 spiro atoms. The lowest BCUT2D eigenvalue weighted by Crippen LogP contribution is -2.12. The fraction of sp³-hybridized carbons (Fsp3) is 0.304. The van der Waals surface area contributed by atoms with E-state index in [-0.39, 0.29) is 52.1 Å². The van der Waals surface area contributed by atoms with E-state index < -0.39 is 5.82 Å². The SMILES string of the molecule is Cn1cc(Nc2ncnc(-c3ccc(CCC(=O)c4coc(C(C)(C)C)n4)c(Cl)c3F)n2)cn1. The van der Waals surface area contributed by atoms with Crippen molar-refractivity contribution in [2.75, 3.05) is 5.32 Å². The van der Waals surface area contributed by atoms with Crippen LogP contribution in [0.25, 0.3) is 11.4 Å². The molecule has 0 fully saturated rings. The lowest BCUT2D eigenvalue weighted by molar-refractivity contribution is 0.0978. The summed E-state index contributed by atoms with van der Waals surface area (Å²) in [5.41, 5.74) is 1.25. The Kier molecular flexibility index (Phi) is 6.43. The van der Waals surface area contributed by atoms with E-state index >= 15 is 4.39 Å². The molecule has 1 N–H and O–H groups in total. The highest BCUT2D eigenvalue weighted by atomic mass is 35.5. The number of benzene rings is 1. The minimum Gasteiger partial charge on any atom is -0.448 e. The number of rotatable bonds is 7. The van der Waals surface area contributed by atoms with Gasteiger partial charge in [-0.3, -0.25) is 9.48 Å². The van der Waals surface area contributed by atoms with Crippen LogP contribution in [-0.2, 0) is 18.9 Å². The zero-order chi connectivity index (χ0) is 24.5. The topological polar surface area (TPSA) is 112 Å². The quantitative estimate of drug-likeness (QED) is 0.369. The molecule has 34 heavy (non-hydrogen) atoms. The Balaban J connectivity index is 1.48. The van der Waals surface area contributed by atoms with Crippen molar-refractivity contribution in [2.24, 2.45) is 7.05 Å². The molecule has 0 aliphatic rings. The summed E-state index contributed by atoms with van der Waals surface area (Å²) in [6, 6.07) is 3.20. The number of aryl methyl sites for hydroxylation is 2. The Bertz CT molecular complexity index is 1340. The summed E-state index contributed by atoms with van der Waals surface area (Å²) < 4.78 is 22.1. The Morgan fingerprint density at radius 1 is 1.24 bits per heavy atom. The number of hydrogen-bond acceptors (Lipinski definition) is 8. The number of anilines is 2. The number of aromatic nitrogens is 6. The zero-order valence-corrected chi connectivity index (χ0v) is 19.9. The van der Waals surface area contributed by atoms with Crippen molar-refractivity contribution in [2.45, 2.75) is 39.0 Å². The van der Waals surface area contributed by atoms with Crippen molar-refractivity contribution < 1.29 is 13.6 Å². The van der Waals surface area contributed by atoms with Gasteiger partial charge in [0, 0.05) is 25.1 Å². The highest BCUT2D eigenvalue weighted by Gasteiger charge is 2.23. The maximum atomic E-state index is 15.1. The maximum absolute atomic E-state index is 15.1. The van der Waals surface area contributed by atoms with Crippen molar-refractivity contribution in [1.82, 2.24) is 29.7 Å². The predicted octanol–water partition coefficient (Wildman–Crippen LogP) is 4.91. The Morgan fingerprint density at radius 2 is 2.03 bits per heavy atom. The molecule has 176 valence electrons. The van der Waals surface area contributed by atoms with Crippen LogP contribution in [0.4, 0.5) is 16.0 Å². The van der Waals surface area contributed by atoms with E-state index in [2.05, 4.69) is 30.4 Å². The summed E-state index contributed by atoms with van der Waals surface area (Å²) in [5.74, 6) is -0.0184. The summed E-state index contributed by atoms with van der Waals surface area (Å²) in [4.78, 5) is 29.2. The van der Waals surface area contributed by atoms with Crippen molar-refractivity contribution >= 4 is 29.0 Å². The van der Waals surface area contributed by atoms with Gasteiger partial charge in [0.15, 0.2) is 23.3 Å². The van der Waals surface area contributed by atoms with Gasteiger partial charge in [-0.2, -0.15) is 10.1 Å². The number of carbonyl (C=O) groups is 1. The molecule has 11 heteroatoms. The number of Topliss-reactive ketones (excluding diaryl/α,β-unsaturated/α-hetero) is 1. The first kappa shape index (κ1) is 23.5. The van der Waals surface area contributed by atoms with Gasteiger partial charge in [0.2, 0.25) is 5.95 Å². The molecule has 0 aliphatic carbocycles. The van der Waals surface area contributed by atoms with Crippen molar-refractivity contribution in [3.8, 4) is 11.4 Å². The molecule has 0 radical (unpaired) electrons. The third-order valence-corrected chi connectivity index (χ3v) is 5.40. The number of ketones is 1. The maximum Gasteiger partial charge on any atom is 0.230 e. The van der Waals surface area contributed by atoms with E-state index in [0.717, 1.165) is 0 Å². The van der Waals surface area contributed by atoms with Gasteiger partial charge in [-0.25, -0.2) is 19.3 Å². The molecular weight excluding hydrogens is 461 g/mol. The smallest absolute Gasteiger partial charge is 0.230 e. The van der Waals surface area contributed by atoms with E-state index in [1.807, 2.05) is 20.8 Å². The monoisotopic (exact) mass is 483 g/mol. The molecule has 0 saturated carbocycles. The Morgan fingerprint density at radius 3 is 2.71 bits per heavy atom. The van der Waals surface area contributed by atoms with Crippen LogP contribution in [0.5, 0.6) is 0 Å². The lowest BCUT2D eigenvalue weighted by Gasteiger charge is -2.11. The first-order valence-electron chi connectivity index (χ1n) is 10.5. The molecule has 4 rings (SSSR count). The van der Waals surface area contributed by atoms with Crippen LogP contribution in [-0.4, -0.2) is 35.5 Å². The minimum atomic E-state index is -0.665. The van der Waals surface area contributed by atoms with E-state index in [0.29, 0.717) is 17.1 Å². The standard InChI is InChI=1S/C23H23ClFN7O2/c1-23(2,3)21-30-16(11-34-21)17(33)8-6-13-5-7-15(19(25)18(13)24)20-26-12-27-22(31-20)29-14-9-28-32(4)10-14/h5,7,9-12H,6,8H2,1-4H3,(H,26,27,29,31). The summed E-state index contributed by atoms with van der Waals surface area (Å²) in [5, 5.41) is 6.97.